The summed E-state index contributed by atoms with van der Waals surface area (Å²) in [6.45, 7) is 4.65. The minimum absolute atomic E-state index is 0.141. The van der Waals surface area contributed by atoms with Crippen molar-refractivity contribution < 1.29 is 13.9 Å². The van der Waals surface area contributed by atoms with Crippen molar-refractivity contribution in [3.63, 3.8) is 0 Å². The highest BCUT2D eigenvalue weighted by Gasteiger charge is 2.62. The second kappa shape index (κ2) is 6.77. The number of nitrogens with one attached hydrogen (secondary N) is 1. The number of nitrogens with zero attached hydrogens (tertiary/aromatic N) is 4. The maximum atomic E-state index is 12.6. The van der Waals surface area contributed by atoms with Gasteiger partial charge in [0.25, 0.3) is 11.5 Å². The molecule has 4 atom stereocenters. The van der Waals surface area contributed by atoms with E-state index in [1.165, 1.54) is 4.57 Å². The van der Waals surface area contributed by atoms with Crippen LogP contribution in [-0.2, 0) is 18.3 Å². The van der Waals surface area contributed by atoms with Gasteiger partial charge in [0, 0.05) is 51.6 Å². The van der Waals surface area contributed by atoms with E-state index >= 15 is 0 Å². The first-order chi connectivity index (χ1) is 13.9. The maximum absolute atomic E-state index is 12.6. The molecule has 2 bridgehead atoms. The topological polar surface area (TPSA) is 102 Å². The Kier molecular flexibility index (Phi) is 4.32. The van der Waals surface area contributed by atoms with Gasteiger partial charge in [-0.1, -0.05) is 0 Å². The zero-order valence-corrected chi connectivity index (χ0v) is 16.6. The van der Waals surface area contributed by atoms with Crippen LogP contribution < -0.4 is 10.9 Å². The maximum Gasteiger partial charge on any atom is 0.263 e. The molecule has 9 heteroatoms. The molecule has 3 aliphatic heterocycles. The lowest BCUT2D eigenvalue weighted by molar-refractivity contribution is 0.00154. The molecule has 3 fully saturated rings. The van der Waals surface area contributed by atoms with E-state index in [2.05, 4.69) is 20.4 Å². The van der Waals surface area contributed by atoms with E-state index in [1.807, 2.05) is 0 Å². The van der Waals surface area contributed by atoms with Gasteiger partial charge in [0.2, 0.25) is 11.8 Å². The van der Waals surface area contributed by atoms with Crippen LogP contribution in [0.3, 0.4) is 0 Å². The number of aryl methyl sites for hydroxylation is 2. The van der Waals surface area contributed by atoms with Crippen molar-refractivity contribution in [2.24, 2.45) is 18.9 Å². The van der Waals surface area contributed by atoms with Crippen LogP contribution in [0.25, 0.3) is 0 Å². The molecule has 0 saturated carbocycles. The van der Waals surface area contributed by atoms with E-state index in [0.29, 0.717) is 30.8 Å². The molecule has 2 aromatic heterocycles. The number of likely N-dealkylation sites (tertiary alicyclic amines) is 1. The van der Waals surface area contributed by atoms with Gasteiger partial charge in [-0.25, -0.2) is 0 Å². The zero-order valence-electron chi connectivity index (χ0n) is 16.6. The van der Waals surface area contributed by atoms with Crippen LogP contribution in [0.5, 0.6) is 0 Å². The predicted octanol–water partition coefficient (Wildman–Crippen LogP) is 0.486. The Labute approximate surface area is 168 Å². The van der Waals surface area contributed by atoms with Crippen LogP contribution in [0, 0.1) is 18.8 Å². The summed E-state index contributed by atoms with van der Waals surface area (Å²) in [5, 5.41) is 11.0. The van der Waals surface area contributed by atoms with E-state index in [-0.39, 0.29) is 34.7 Å². The summed E-state index contributed by atoms with van der Waals surface area (Å²) in [5.74, 6) is 1.47. The fourth-order valence-corrected chi connectivity index (χ4v) is 5.35. The summed E-state index contributed by atoms with van der Waals surface area (Å²) in [4.78, 5) is 27.1. The minimum atomic E-state index is -0.320. The molecule has 0 aliphatic carbocycles. The van der Waals surface area contributed by atoms with Gasteiger partial charge in [-0.05, 0) is 25.0 Å². The first-order valence-corrected chi connectivity index (χ1v) is 10.1. The number of carbonyl (C=O) groups excluding carboxylic acids is 1. The zero-order chi connectivity index (χ0) is 20.2. The average molecular weight is 399 g/mol. The van der Waals surface area contributed by atoms with Crippen molar-refractivity contribution in [2.45, 2.75) is 38.0 Å². The molecule has 0 aromatic carbocycles. The monoisotopic (exact) mass is 399 g/mol. The van der Waals surface area contributed by atoms with Crippen molar-refractivity contribution in [3.05, 3.63) is 46.0 Å². The lowest BCUT2D eigenvalue weighted by Crippen LogP contribution is -2.42. The Hall–Kier alpha value is -2.52. The van der Waals surface area contributed by atoms with Gasteiger partial charge in [0.05, 0.1) is 18.2 Å². The van der Waals surface area contributed by atoms with Crippen LogP contribution >= 0.6 is 0 Å². The van der Waals surface area contributed by atoms with Crippen LogP contribution in [0.2, 0.25) is 0 Å². The first kappa shape index (κ1) is 18.5. The second-order valence-corrected chi connectivity index (χ2v) is 8.46. The molecule has 1 amide bonds. The molecular formula is C20H25N5O4. The number of aromatic nitrogens is 3. The Morgan fingerprint density at radius 3 is 3.07 bits per heavy atom. The molecule has 154 valence electrons. The first-order valence-electron chi connectivity index (χ1n) is 10.1. The number of amides is 1. The summed E-state index contributed by atoms with van der Waals surface area (Å²) >= 11 is 0. The third-order valence-corrected chi connectivity index (χ3v) is 6.65. The van der Waals surface area contributed by atoms with Crippen molar-refractivity contribution in [3.8, 4) is 0 Å². The van der Waals surface area contributed by atoms with E-state index in [9.17, 15) is 9.59 Å². The third kappa shape index (κ3) is 3.08. The molecule has 5 rings (SSSR count). The predicted molar refractivity (Wildman–Crippen MR) is 102 cm³/mol. The highest BCUT2D eigenvalue weighted by atomic mass is 16.5. The van der Waals surface area contributed by atoms with Gasteiger partial charge in [-0.3, -0.25) is 14.5 Å². The SMILES string of the molecule is Cc1nnc(CN2C[C@@H]3[C@H](CNC(=O)c4cccn(C)c4=O)[C@H]4CC[C@]3(C2)O4)o1. The summed E-state index contributed by atoms with van der Waals surface area (Å²) < 4.78 is 13.4. The van der Waals surface area contributed by atoms with E-state index in [1.54, 1.807) is 32.3 Å². The van der Waals surface area contributed by atoms with Crippen LogP contribution in [0.1, 0.15) is 35.0 Å². The third-order valence-electron chi connectivity index (χ3n) is 6.65. The molecule has 0 radical (unpaired) electrons. The number of hydrogen-bond donors (Lipinski definition) is 1. The quantitative estimate of drug-likeness (QED) is 0.780. The highest BCUT2D eigenvalue weighted by Crippen LogP contribution is 2.54. The van der Waals surface area contributed by atoms with Crippen molar-refractivity contribution >= 4 is 5.91 Å². The largest absolute Gasteiger partial charge is 0.424 e. The minimum Gasteiger partial charge on any atom is -0.424 e. The summed E-state index contributed by atoms with van der Waals surface area (Å²) in [7, 11) is 1.64. The van der Waals surface area contributed by atoms with Gasteiger partial charge in [-0.15, -0.1) is 10.2 Å². The number of fused-ring (bicyclic) bond motifs is 1. The molecule has 1 N–H and O–H groups in total. The van der Waals surface area contributed by atoms with E-state index in [4.69, 9.17) is 9.15 Å². The molecular weight excluding hydrogens is 374 g/mol. The van der Waals surface area contributed by atoms with Crippen LogP contribution in [0.4, 0.5) is 0 Å². The van der Waals surface area contributed by atoms with Gasteiger partial charge in [0.1, 0.15) is 5.56 Å². The van der Waals surface area contributed by atoms with Gasteiger partial charge >= 0.3 is 0 Å². The van der Waals surface area contributed by atoms with Crippen LogP contribution in [0.15, 0.2) is 27.5 Å². The lowest BCUT2D eigenvalue weighted by atomic mass is 9.73. The number of carbonyl (C=O) groups is 1. The number of rotatable bonds is 5. The fourth-order valence-electron chi connectivity index (χ4n) is 5.35. The van der Waals surface area contributed by atoms with E-state index in [0.717, 1.165) is 25.9 Å². The van der Waals surface area contributed by atoms with Crippen LogP contribution in [-0.4, -0.2) is 56.9 Å². The summed E-state index contributed by atoms with van der Waals surface area (Å²) in [6, 6.07) is 3.28. The standard InChI is InChI=1S/C20H25N5O4/c1-12-22-23-17(28-12)10-25-9-15-14(16-5-6-20(15,11-25)29-16)8-21-18(26)13-4-3-7-24(2)19(13)27/h3-4,7,14-16H,5-6,8-11H2,1-2H3,(H,21,26)/t14-,15+,16+,20+/m0/s1. The summed E-state index contributed by atoms with van der Waals surface area (Å²) in [5.41, 5.74) is -0.251. The Morgan fingerprint density at radius 2 is 2.28 bits per heavy atom. The number of ether oxygens (including phenoxy) is 1. The smallest absolute Gasteiger partial charge is 0.263 e. The Balaban J connectivity index is 1.26. The molecule has 29 heavy (non-hydrogen) atoms. The van der Waals surface area contributed by atoms with Crippen molar-refractivity contribution in [2.75, 3.05) is 19.6 Å². The normalized spacial score (nSPS) is 30.6. The molecule has 9 nitrogen and oxygen atoms in total. The molecule has 2 aromatic rings. The number of hydrogen-bond acceptors (Lipinski definition) is 7. The van der Waals surface area contributed by atoms with Crippen molar-refractivity contribution in [1.29, 1.82) is 0 Å². The Bertz CT molecular complexity index is 1000. The fraction of sp³-hybridized carbons (Fsp3) is 0.600. The van der Waals surface area contributed by atoms with Gasteiger partial charge in [-0.2, -0.15) is 0 Å². The molecule has 3 aliphatic rings. The van der Waals surface area contributed by atoms with Gasteiger partial charge in [0.15, 0.2) is 0 Å². The lowest BCUT2D eigenvalue weighted by Gasteiger charge is -2.29. The number of pyridine rings is 1. The molecule has 5 heterocycles. The average Bonchev–Trinajstić information content (AvgIpc) is 3.43. The molecule has 1 spiro atoms. The van der Waals surface area contributed by atoms with Gasteiger partial charge < -0.3 is 19.0 Å². The van der Waals surface area contributed by atoms with Crippen molar-refractivity contribution in [1.82, 2.24) is 25.0 Å². The molecule has 0 unspecified atom stereocenters. The highest BCUT2D eigenvalue weighted by molar-refractivity contribution is 5.93. The summed E-state index contributed by atoms with van der Waals surface area (Å²) in [6.07, 6.45) is 3.87. The second-order valence-electron chi connectivity index (χ2n) is 8.46. The van der Waals surface area contributed by atoms with E-state index < -0.39 is 0 Å². The Morgan fingerprint density at radius 1 is 1.41 bits per heavy atom. The molecule has 3 saturated heterocycles.